The first-order valence-electron chi connectivity index (χ1n) is 7.81. The zero-order valence-corrected chi connectivity index (χ0v) is 13.2. The predicted molar refractivity (Wildman–Crippen MR) is 93.1 cm³/mol. The number of para-hydroxylation sites is 1. The van der Waals surface area contributed by atoms with Gasteiger partial charge in [0.1, 0.15) is 5.82 Å². The molecule has 0 unspecified atom stereocenters. The Balaban J connectivity index is 1.57. The molecule has 0 fully saturated rings. The minimum atomic E-state index is -0.589. The lowest BCUT2D eigenvalue weighted by molar-refractivity contribution is 0.170. The number of H-pyrrole nitrogens is 1. The fourth-order valence-corrected chi connectivity index (χ4v) is 2.75. The van der Waals surface area contributed by atoms with Crippen LogP contribution in [0.3, 0.4) is 0 Å². The van der Waals surface area contributed by atoms with Crippen LogP contribution < -0.4 is 11.1 Å². The van der Waals surface area contributed by atoms with E-state index in [1.54, 1.807) is 18.3 Å². The quantitative estimate of drug-likeness (QED) is 0.563. The van der Waals surface area contributed by atoms with Crippen LogP contribution in [0.25, 0.3) is 10.9 Å². The van der Waals surface area contributed by atoms with Crippen molar-refractivity contribution in [3.05, 3.63) is 59.9 Å². The van der Waals surface area contributed by atoms with Gasteiger partial charge in [-0.3, -0.25) is 0 Å². The summed E-state index contributed by atoms with van der Waals surface area (Å²) in [5.74, 6) is 0.460. The van der Waals surface area contributed by atoms with Crippen molar-refractivity contribution in [1.29, 1.82) is 0 Å². The third kappa shape index (κ3) is 3.70. The molecule has 2 atom stereocenters. The van der Waals surface area contributed by atoms with Crippen LogP contribution in [0.1, 0.15) is 24.2 Å². The summed E-state index contributed by atoms with van der Waals surface area (Å²) in [5, 5.41) is 14.8. The molecule has 0 amide bonds. The standard InChI is InChI=1S/C18H22N4O/c1-12(8-14-10-21-16-5-3-2-4-15(14)16)20-11-17(23)13-6-7-18(19)22-9-13/h2-7,9-10,12,17,20-21,23H,8,11H2,1H3,(H2,19,22)/t12-,17+/m1/s1. The van der Waals surface area contributed by atoms with E-state index in [-0.39, 0.29) is 6.04 Å². The lowest BCUT2D eigenvalue weighted by Crippen LogP contribution is -2.32. The summed E-state index contributed by atoms with van der Waals surface area (Å²) in [6, 6.07) is 12.0. The summed E-state index contributed by atoms with van der Waals surface area (Å²) < 4.78 is 0. The van der Waals surface area contributed by atoms with Gasteiger partial charge in [0.2, 0.25) is 0 Å². The third-order valence-corrected chi connectivity index (χ3v) is 4.05. The normalized spacial score (nSPS) is 14.0. The Morgan fingerprint density at radius 2 is 2.09 bits per heavy atom. The number of aliphatic hydroxyl groups is 1. The Morgan fingerprint density at radius 3 is 2.87 bits per heavy atom. The number of anilines is 1. The van der Waals surface area contributed by atoms with Crippen molar-refractivity contribution >= 4 is 16.7 Å². The van der Waals surface area contributed by atoms with E-state index in [2.05, 4.69) is 46.6 Å². The number of aromatic nitrogens is 2. The molecule has 0 aliphatic carbocycles. The van der Waals surface area contributed by atoms with E-state index in [0.717, 1.165) is 17.5 Å². The van der Waals surface area contributed by atoms with E-state index >= 15 is 0 Å². The molecule has 0 saturated carbocycles. The minimum absolute atomic E-state index is 0.255. The number of nitrogens with one attached hydrogen (secondary N) is 2. The zero-order chi connectivity index (χ0) is 16.2. The molecule has 3 aromatic rings. The first-order chi connectivity index (χ1) is 11.1. The highest BCUT2D eigenvalue weighted by atomic mass is 16.3. The number of fused-ring (bicyclic) bond motifs is 1. The Kier molecular flexibility index (Phi) is 4.60. The molecule has 0 radical (unpaired) electrons. The number of hydrogen-bond donors (Lipinski definition) is 4. The predicted octanol–water partition coefficient (Wildman–Crippen LogP) is 2.40. The number of aliphatic hydroxyl groups excluding tert-OH is 1. The van der Waals surface area contributed by atoms with Gasteiger partial charge in [-0.15, -0.1) is 0 Å². The van der Waals surface area contributed by atoms with Crippen LogP contribution in [0.5, 0.6) is 0 Å². The lowest BCUT2D eigenvalue weighted by atomic mass is 10.1. The second-order valence-corrected chi connectivity index (χ2v) is 5.91. The highest BCUT2D eigenvalue weighted by Gasteiger charge is 2.12. The molecular formula is C18H22N4O. The summed E-state index contributed by atoms with van der Waals surface area (Å²) in [6.45, 7) is 2.60. The SMILES string of the molecule is C[C@H](Cc1c[nH]c2ccccc12)NC[C@H](O)c1ccc(N)nc1. The summed E-state index contributed by atoms with van der Waals surface area (Å²) in [4.78, 5) is 7.30. The van der Waals surface area contributed by atoms with Gasteiger partial charge in [0, 0.05) is 41.4 Å². The lowest BCUT2D eigenvalue weighted by Gasteiger charge is -2.17. The minimum Gasteiger partial charge on any atom is -0.387 e. The molecule has 3 rings (SSSR count). The van der Waals surface area contributed by atoms with Crippen LogP contribution in [-0.4, -0.2) is 27.7 Å². The van der Waals surface area contributed by atoms with Crippen LogP contribution >= 0.6 is 0 Å². The largest absolute Gasteiger partial charge is 0.387 e. The van der Waals surface area contributed by atoms with Crippen molar-refractivity contribution in [2.24, 2.45) is 0 Å². The second-order valence-electron chi connectivity index (χ2n) is 5.91. The van der Waals surface area contributed by atoms with Crippen molar-refractivity contribution < 1.29 is 5.11 Å². The molecule has 120 valence electrons. The fourth-order valence-electron chi connectivity index (χ4n) is 2.75. The van der Waals surface area contributed by atoms with Crippen LogP contribution in [0.2, 0.25) is 0 Å². The Bertz CT molecular complexity index is 766. The highest BCUT2D eigenvalue weighted by Crippen LogP contribution is 2.19. The van der Waals surface area contributed by atoms with Crippen LogP contribution in [0.4, 0.5) is 5.82 Å². The maximum absolute atomic E-state index is 10.2. The number of benzene rings is 1. The number of rotatable bonds is 6. The fraction of sp³-hybridized carbons (Fsp3) is 0.278. The van der Waals surface area contributed by atoms with Crippen molar-refractivity contribution in [2.75, 3.05) is 12.3 Å². The number of nitrogens with two attached hydrogens (primary N) is 1. The third-order valence-electron chi connectivity index (χ3n) is 4.05. The Labute approximate surface area is 135 Å². The molecule has 0 aliphatic heterocycles. The maximum Gasteiger partial charge on any atom is 0.123 e. The molecule has 0 spiro atoms. The van der Waals surface area contributed by atoms with Crippen LogP contribution in [0, 0.1) is 0 Å². The molecule has 2 aromatic heterocycles. The average Bonchev–Trinajstić information content (AvgIpc) is 2.96. The molecule has 0 bridgehead atoms. The highest BCUT2D eigenvalue weighted by molar-refractivity contribution is 5.83. The number of pyridine rings is 1. The number of nitrogens with zero attached hydrogens (tertiary/aromatic N) is 1. The molecule has 0 saturated heterocycles. The smallest absolute Gasteiger partial charge is 0.123 e. The molecule has 5 nitrogen and oxygen atoms in total. The van der Waals surface area contributed by atoms with E-state index in [0.29, 0.717) is 12.4 Å². The van der Waals surface area contributed by atoms with E-state index in [1.807, 2.05) is 6.07 Å². The molecule has 23 heavy (non-hydrogen) atoms. The summed E-state index contributed by atoms with van der Waals surface area (Å²) in [7, 11) is 0. The summed E-state index contributed by atoms with van der Waals surface area (Å²) in [5.41, 5.74) is 8.77. The van der Waals surface area contributed by atoms with E-state index in [4.69, 9.17) is 5.73 Å². The van der Waals surface area contributed by atoms with Crippen molar-refractivity contribution in [3.63, 3.8) is 0 Å². The summed E-state index contributed by atoms with van der Waals surface area (Å²) in [6.07, 6.45) is 3.99. The summed E-state index contributed by atoms with van der Waals surface area (Å²) >= 11 is 0. The van der Waals surface area contributed by atoms with Gasteiger partial charge in [0.25, 0.3) is 0 Å². The zero-order valence-electron chi connectivity index (χ0n) is 13.2. The Morgan fingerprint density at radius 1 is 1.26 bits per heavy atom. The van der Waals surface area contributed by atoms with Gasteiger partial charge >= 0.3 is 0 Å². The number of nitrogen functional groups attached to an aromatic ring is 1. The van der Waals surface area contributed by atoms with Crippen molar-refractivity contribution in [3.8, 4) is 0 Å². The topological polar surface area (TPSA) is 87.0 Å². The van der Waals surface area contributed by atoms with E-state index in [9.17, 15) is 5.11 Å². The van der Waals surface area contributed by atoms with Gasteiger partial charge in [-0.2, -0.15) is 0 Å². The molecule has 5 N–H and O–H groups in total. The number of hydrogen-bond acceptors (Lipinski definition) is 4. The van der Waals surface area contributed by atoms with Crippen molar-refractivity contribution in [1.82, 2.24) is 15.3 Å². The molecule has 5 heteroatoms. The van der Waals surface area contributed by atoms with Gasteiger partial charge < -0.3 is 21.1 Å². The van der Waals surface area contributed by atoms with Gasteiger partial charge in [0.15, 0.2) is 0 Å². The van der Waals surface area contributed by atoms with Crippen LogP contribution in [0.15, 0.2) is 48.8 Å². The van der Waals surface area contributed by atoms with Crippen LogP contribution in [-0.2, 0) is 6.42 Å². The number of aromatic amines is 1. The molecule has 0 aliphatic rings. The van der Waals surface area contributed by atoms with Gasteiger partial charge in [-0.1, -0.05) is 24.3 Å². The van der Waals surface area contributed by atoms with Crippen molar-refractivity contribution in [2.45, 2.75) is 25.5 Å². The first-order valence-corrected chi connectivity index (χ1v) is 7.81. The van der Waals surface area contributed by atoms with E-state index < -0.39 is 6.10 Å². The van der Waals surface area contributed by atoms with E-state index in [1.165, 1.54) is 10.9 Å². The Hall–Kier alpha value is -2.37. The molecular weight excluding hydrogens is 288 g/mol. The molecule has 2 heterocycles. The second kappa shape index (κ2) is 6.81. The molecule has 1 aromatic carbocycles. The maximum atomic E-state index is 10.2. The first kappa shape index (κ1) is 15.5. The monoisotopic (exact) mass is 310 g/mol. The van der Waals surface area contributed by atoms with Gasteiger partial charge in [-0.05, 0) is 31.0 Å². The average molecular weight is 310 g/mol. The van der Waals surface area contributed by atoms with Gasteiger partial charge in [-0.25, -0.2) is 4.98 Å². The van der Waals surface area contributed by atoms with Gasteiger partial charge in [0.05, 0.1) is 6.10 Å².